The van der Waals surface area contributed by atoms with Crippen LogP contribution in [0, 0.1) is 6.92 Å². The standard InChI is InChI=1S/C16H19N5/c1-10-6-4-5-7-12(10)14-9-8-13(15(18)19-3)16(21-14)20-11(2)17/h4-9,19H,2,17-18H2,1,3H3/b15-13+,20-16+. The first-order chi connectivity index (χ1) is 10.0. The molecule has 0 unspecified atom stereocenters. The number of dihydropyridines is 1. The second-order valence-corrected chi connectivity index (χ2v) is 4.65. The first-order valence-corrected chi connectivity index (χ1v) is 6.56. The maximum Gasteiger partial charge on any atom is 0.165 e. The summed E-state index contributed by atoms with van der Waals surface area (Å²) in [5.74, 6) is 1.13. The SMILES string of the molecule is C=C(N)/N=C1/N=C(c2ccccc2C)C=C/C1=C(/N)NC. The fourth-order valence-corrected chi connectivity index (χ4v) is 2.02. The van der Waals surface area contributed by atoms with E-state index in [-0.39, 0.29) is 5.82 Å². The van der Waals surface area contributed by atoms with Crippen molar-refractivity contribution >= 4 is 11.5 Å². The minimum Gasteiger partial charge on any atom is -0.385 e. The van der Waals surface area contributed by atoms with Gasteiger partial charge in [-0.05, 0) is 24.6 Å². The van der Waals surface area contributed by atoms with Crippen molar-refractivity contribution in [2.75, 3.05) is 7.05 Å². The summed E-state index contributed by atoms with van der Waals surface area (Å²) in [4.78, 5) is 8.74. The van der Waals surface area contributed by atoms with E-state index in [9.17, 15) is 0 Å². The Labute approximate surface area is 124 Å². The lowest BCUT2D eigenvalue weighted by Crippen LogP contribution is -2.22. The molecule has 0 spiro atoms. The van der Waals surface area contributed by atoms with Gasteiger partial charge < -0.3 is 16.8 Å². The molecule has 0 aliphatic carbocycles. The predicted octanol–water partition coefficient (Wildman–Crippen LogP) is 1.57. The smallest absolute Gasteiger partial charge is 0.165 e. The van der Waals surface area contributed by atoms with Crippen LogP contribution in [0.25, 0.3) is 0 Å². The lowest BCUT2D eigenvalue weighted by atomic mass is 10.0. The van der Waals surface area contributed by atoms with Crippen LogP contribution < -0.4 is 16.8 Å². The lowest BCUT2D eigenvalue weighted by molar-refractivity contribution is 0.955. The summed E-state index contributed by atoms with van der Waals surface area (Å²) in [5, 5.41) is 2.89. The number of hydrogen-bond donors (Lipinski definition) is 3. The topological polar surface area (TPSA) is 88.8 Å². The molecule has 0 bridgehead atoms. The van der Waals surface area contributed by atoms with Gasteiger partial charge in [-0.15, -0.1) is 0 Å². The zero-order valence-electron chi connectivity index (χ0n) is 12.2. The summed E-state index contributed by atoms with van der Waals surface area (Å²) in [7, 11) is 1.74. The summed E-state index contributed by atoms with van der Waals surface area (Å²) in [6, 6.07) is 8.03. The number of hydrogen-bond acceptors (Lipinski definition) is 4. The average molecular weight is 281 g/mol. The van der Waals surface area contributed by atoms with Crippen LogP contribution in [0.15, 0.2) is 70.2 Å². The Bertz CT molecular complexity index is 692. The molecule has 5 nitrogen and oxygen atoms in total. The second kappa shape index (κ2) is 6.09. The summed E-state index contributed by atoms with van der Waals surface area (Å²) in [5.41, 5.74) is 15.2. The molecule has 21 heavy (non-hydrogen) atoms. The van der Waals surface area contributed by atoms with E-state index in [4.69, 9.17) is 11.5 Å². The Hall–Kier alpha value is -2.82. The van der Waals surface area contributed by atoms with Crippen LogP contribution in [0.3, 0.4) is 0 Å². The van der Waals surface area contributed by atoms with Crippen LogP contribution in [0.4, 0.5) is 0 Å². The molecule has 2 rings (SSSR count). The molecular weight excluding hydrogens is 262 g/mol. The Morgan fingerprint density at radius 3 is 2.57 bits per heavy atom. The maximum absolute atomic E-state index is 5.92. The van der Waals surface area contributed by atoms with E-state index in [1.54, 1.807) is 7.05 Å². The van der Waals surface area contributed by atoms with E-state index < -0.39 is 0 Å². The summed E-state index contributed by atoms with van der Waals surface area (Å²) >= 11 is 0. The zero-order valence-corrected chi connectivity index (χ0v) is 12.2. The van der Waals surface area contributed by atoms with Gasteiger partial charge in [-0.1, -0.05) is 30.8 Å². The molecule has 0 saturated heterocycles. The van der Waals surface area contributed by atoms with Crippen molar-refractivity contribution in [3.05, 3.63) is 71.3 Å². The second-order valence-electron chi connectivity index (χ2n) is 4.65. The molecule has 5 N–H and O–H groups in total. The van der Waals surface area contributed by atoms with E-state index in [2.05, 4.69) is 21.9 Å². The highest BCUT2D eigenvalue weighted by molar-refractivity contribution is 6.21. The van der Waals surface area contributed by atoms with Crippen LogP contribution >= 0.6 is 0 Å². The van der Waals surface area contributed by atoms with Gasteiger partial charge in [-0.25, -0.2) is 9.98 Å². The van der Waals surface area contributed by atoms with E-state index in [1.807, 2.05) is 43.3 Å². The van der Waals surface area contributed by atoms with Crippen molar-refractivity contribution in [3.63, 3.8) is 0 Å². The molecule has 0 radical (unpaired) electrons. The Morgan fingerprint density at radius 1 is 1.24 bits per heavy atom. The third-order valence-corrected chi connectivity index (χ3v) is 3.11. The van der Waals surface area contributed by atoms with Crippen molar-refractivity contribution in [2.45, 2.75) is 6.92 Å². The van der Waals surface area contributed by atoms with Crippen LogP contribution in [-0.4, -0.2) is 18.6 Å². The average Bonchev–Trinajstić information content (AvgIpc) is 2.46. The Morgan fingerprint density at radius 2 is 1.95 bits per heavy atom. The van der Waals surface area contributed by atoms with Gasteiger partial charge in [0.05, 0.1) is 11.3 Å². The number of nitrogens with one attached hydrogen (secondary N) is 1. The van der Waals surface area contributed by atoms with Crippen LogP contribution in [0.5, 0.6) is 0 Å². The van der Waals surface area contributed by atoms with E-state index in [0.717, 1.165) is 16.8 Å². The Balaban J connectivity index is 2.54. The molecular formula is C16H19N5. The van der Waals surface area contributed by atoms with Crippen molar-refractivity contribution in [3.8, 4) is 0 Å². The van der Waals surface area contributed by atoms with E-state index in [0.29, 0.717) is 17.2 Å². The van der Waals surface area contributed by atoms with Crippen LogP contribution in [0.2, 0.25) is 0 Å². The van der Waals surface area contributed by atoms with E-state index >= 15 is 0 Å². The van der Waals surface area contributed by atoms with Gasteiger partial charge in [-0.3, -0.25) is 0 Å². The molecule has 1 heterocycles. The Kier molecular flexibility index (Phi) is 4.23. The molecule has 0 atom stereocenters. The van der Waals surface area contributed by atoms with Crippen molar-refractivity contribution < 1.29 is 0 Å². The predicted molar refractivity (Wildman–Crippen MR) is 87.9 cm³/mol. The fourth-order valence-electron chi connectivity index (χ4n) is 2.02. The fraction of sp³-hybridized carbons (Fsp3) is 0.125. The minimum absolute atomic E-state index is 0.189. The van der Waals surface area contributed by atoms with Crippen molar-refractivity contribution in [2.24, 2.45) is 21.5 Å². The first kappa shape index (κ1) is 14.6. The third-order valence-electron chi connectivity index (χ3n) is 3.11. The highest BCUT2D eigenvalue weighted by atomic mass is 15.0. The number of amidine groups is 1. The maximum atomic E-state index is 5.92. The number of benzene rings is 1. The van der Waals surface area contributed by atoms with Crippen molar-refractivity contribution in [1.82, 2.24) is 5.32 Å². The van der Waals surface area contributed by atoms with Gasteiger partial charge in [0.1, 0.15) is 11.6 Å². The molecule has 1 aliphatic heterocycles. The number of nitrogens with zero attached hydrogens (tertiary/aromatic N) is 2. The quantitative estimate of drug-likeness (QED) is 0.785. The third kappa shape index (κ3) is 3.20. The molecule has 5 heteroatoms. The first-order valence-electron chi connectivity index (χ1n) is 6.56. The largest absolute Gasteiger partial charge is 0.385 e. The van der Waals surface area contributed by atoms with Gasteiger partial charge in [0.25, 0.3) is 0 Å². The summed E-state index contributed by atoms with van der Waals surface area (Å²) < 4.78 is 0. The number of rotatable bonds is 3. The van der Waals surface area contributed by atoms with Crippen LogP contribution in [-0.2, 0) is 0 Å². The number of aliphatic imine (C=N–C) groups is 2. The lowest BCUT2D eigenvalue weighted by Gasteiger charge is -2.15. The molecule has 0 fully saturated rings. The highest BCUT2D eigenvalue weighted by Crippen LogP contribution is 2.17. The molecule has 1 aliphatic rings. The van der Waals surface area contributed by atoms with Gasteiger partial charge >= 0.3 is 0 Å². The molecule has 0 aromatic heterocycles. The van der Waals surface area contributed by atoms with Crippen molar-refractivity contribution in [1.29, 1.82) is 0 Å². The minimum atomic E-state index is 0.189. The van der Waals surface area contributed by atoms with Gasteiger partial charge in [0.2, 0.25) is 0 Å². The van der Waals surface area contributed by atoms with E-state index in [1.165, 1.54) is 0 Å². The number of aryl methyl sites for hydroxylation is 1. The molecule has 1 aromatic carbocycles. The molecule has 0 amide bonds. The van der Waals surface area contributed by atoms with Gasteiger partial charge in [0.15, 0.2) is 5.84 Å². The number of allylic oxidation sites excluding steroid dienone is 1. The summed E-state index contributed by atoms with van der Waals surface area (Å²) in [6.07, 6.45) is 3.79. The van der Waals surface area contributed by atoms with Crippen LogP contribution in [0.1, 0.15) is 11.1 Å². The monoisotopic (exact) mass is 281 g/mol. The normalized spacial score (nSPS) is 18.4. The molecule has 0 saturated carbocycles. The highest BCUT2D eigenvalue weighted by Gasteiger charge is 2.15. The molecule has 108 valence electrons. The number of nitrogens with two attached hydrogens (primary N) is 2. The summed E-state index contributed by atoms with van der Waals surface area (Å²) in [6.45, 7) is 5.64. The van der Waals surface area contributed by atoms with Gasteiger partial charge in [-0.2, -0.15) is 0 Å². The molecule has 1 aromatic rings. The zero-order chi connectivity index (χ0) is 15.4. The van der Waals surface area contributed by atoms with Gasteiger partial charge in [0, 0.05) is 12.6 Å².